The Kier molecular flexibility index (Phi) is 18.8. The fourth-order valence-electron chi connectivity index (χ4n) is 8.42. The summed E-state index contributed by atoms with van der Waals surface area (Å²) < 4.78 is 11.9. The number of amides is 2. The van der Waals surface area contributed by atoms with Gasteiger partial charge in [0.2, 0.25) is 11.8 Å². The first-order valence-corrected chi connectivity index (χ1v) is 19.7. The second-order valence-electron chi connectivity index (χ2n) is 16.4. The van der Waals surface area contributed by atoms with Crippen molar-refractivity contribution in [3.05, 3.63) is 29.8 Å². The number of methoxy groups -OCH3 is 2. The Morgan fingerprint density at radius 2 is 1.50 bits per heavy atom. The van der Waals surface area contributed by atoms with Gasteiger partial charge in [-0.1, -0.05) is 67.0 Å². The SMILES string of the molecule is CC[C@H](C)C(C(CC(=O)N1CCCC1C(OC)C(C)C(=O)C[C@@H](Cc1ccc(N)cc1)C(=O)O)OC)N(C)C(=O)[C@@H](CC(=O)C(C(C)C)N(C)C)C(C)C. The van der Waals surface area contributed by atoms with E-state index in [2.05, 4.69) is 0 Å². The maximum Gasteiger partial charge on any atom is 0.307 e. The predicted octanol–water partition coefficient (Wildman–Crippen LogP) is 5.21. The highest BCUT2D eigenvalue weighted by atomic mass is 16.5. The first-order valence-electron chi connectivity index (χ1n) is 19.7. The number of carboxylic acids is 1. The minimum absolute atomic E-state index is 0.0143. The van der Waals surface area contributed by atoms with E-state index in [1.54, 1.807) is 55.1 Å². The predicted molar refractivity (Wildman–Crippen MR) is 212 cm³/mol. The molecule has 0 spiro atoms. The quantitative estimate of drug-likeness (QED) is 0.142. The molecule has 1 aliphatic rings. The van der Waals surface area contributed by atoms with Gasteiger partial charge in [0.1, 0.15) is 5.78 Å². The van der Waals surface area contributed by atoms with Crippen molar-refractivity contribution in [1.82, 2.24) is 14.7 Å². The smallest absolute Gasteiger partial charge is 0.307 e. The second kappa shape index (κ2) is 21.7. The number of likely N-dealkylation sites (tertiary alicyclic amines) is 1. The number of hydrogen-bond donors (Lipinski definition) is 2. The molecular weight excluding hydrogens is 688 g/mol. The van der Waals surface area contributed by atoms with E-state index in [4.69, 9.17) is 15.2 Å². The zero-order valence-electron chi connectivity index (χ0n) is 35.0. The molecule has 3 N–H and O–H groups in total. The van der Waals surface area contributed by atoms with Crippen molar-refractivity contribution in [3.8, 4) is 0 Å². The van der Waals surface area contributed by atoms with Crippen molar-refractivity contribution in [3.63, 3.8) is 0 Å². The summed E-state index contributed by atoms with van der Waals surface area (Å²) in [5.74, 6) is -3.65. The van der Waals surface area contributed by atoms with Gasteiger partial charge in [-0.25, -0.2) is 0 Å². The first-order chi connectivity index (χ1) is 25.3. The van der Waals surface area contributed by atoms with Crippen LogP contribution in [-0.4, -0.2) is 121 Å². The van der Waals surface area contributed by atoms with Gasteiger partial charge in [-0.3, -0.25) is 28.9 Å². The van der Waals surface area contributed by atoms with Crippen LogP contribution < -0.4 is 5.73 Å². The number of carbonyl (C=O) groups excluding carboxylic acids is 4. The second-order valence-corrected chi connectivity index (χ2v) is 16.4. The largest absolute Gasteiger partial charge is 0.481 e. The minimum Gasteiger partial charge on any atom is -0.481 e. The van der Waals surface area contributed by atoms with Crippen molar-refractivity contribution < 1.29 is 38.6 Å². The van der Waals surface area contributed by atoms with E-state index in [0.29, 0.717) is 18.7 Å². The van der Waals surface area contributed by atoms with Gasteiger partial charge in [-0.15, -0.1) is 0 Å². The Bertz CT molecular complexity index is 1370. The number of Topliss-reactive ketones (excluding diaryl/α,β-unsaturated/α-hetero) is 2. The Morgan fingerprint density at radius 3 is 1.98 bits per heavy atom. The molecule has 12 heteroatoms. The highest BCUT2D eigenvalue weighted by Crippen LogP contribution is 2.32. The van der Waals surface area contributed by atoms with Crippen LogP contribution in [0, 0.1) is 35.5 Å². The minimum atomic E-state index is -1.05. The number of ether oxygens (including phenoxy) is 2. The van der Waals surface area contributed by atoms with Gasteiger partial charge in [0.25, 0.3) is 0 Å². The van der Waals surface area contributed by atoms with Crippen molar-refractivity contribution in [1.29, 1.82) is 0 Å². The number of hydrogen-bond acceptors (Lipinski definition) is 9. The highest BCUT2D eigenvalue weighted by molar-refractivity contribution is 5.90. The molecule has 1 fully saturated rings. The Hall–Kier alpha value is -3.35. The fourth-order valence-corrected chi connectivity index (χ4v) is 8.42. The summed E-state index contributed by atoms with van der Waals surface area (Å²) in [7, 11) is 8.61. The van der Waals surface area contributed by atoms with Crippen LogP contribution in [0.5, 0.6) is 0 Å². The third-order valence-electron chi connectivity index (χ3n) is 11.7. The average molecular weight is 759 g/mol. The number of anilines is 1. The fraction of sp³-hybridized carbons (Fsp3) is 0.738. The number of ketones is 2. The molecule has 0 aromatic heterocycles. The van der Waals surface area contributed by atoms with E-state index in [0.717, 1.165) is 18.4 Å². The summed E-state index contributed by atoms with van der Waals surface area (Å²) in [6, 6.07) is 5.84. The van der Waals surface area contributed by atoms with E-state index in [1.165, 1.54) is 7.11 Å². The van der Waals surface area contributed by atoms with Crippen LogP contribution >= 0.6 is 0 Å². The molecule has 2 rings (SSSR count). The summed E-state index contributed by atoms with van der Waals surface area (Å²) >= 11 is 0. The number of rotatable bonds is 23. The molecule has 2 amide bonds. The molecule has 1 heterocycles. The summed E-state index contributed by atoms with van der Waals surface area (Å²) in [5.41, 5.74) is 7.14. The molecule has 12 nitrogen and oxygen atoms in total. The summed E-state index contributed by atoms with van der Waals surface area (Å²) in [4.78, 5) is 73.2. The van der Waals surface area contributed by atoms with Crippen molar-refractivity contribution in [2.75, 3.05) is 47.6 Å². The van der Waals surface area contributed by atoms with Crippen LogP contribution in [0.2, 0.25) is 0 Å². The number of nitrogen functional groups attached to an aromatic ring is 1. The van der Waals surface area contributed by atoms with Crippen molar-refractivity contribution in [2.45, 2.75) is 124 Å². The summed E-state index contributed by atoms with van der Waals surface area (Å²) in [6.07, 6.45) is 1.02. The van der Waals surface area contributed by atoms with Crippen LogP contribution in [0.3, 0.4) is 0 Å². The van der Waals surface area contributed by atoms with E-state index >= 15 is 0 Å². The maximum absolute atomic E-state index is 14.3. The van der Waals surface area contributed by atoms with Crippen LogP contribution in [-0.2, 0) is 39.9 Å². The topological polar surface area (TPSA) is 160 Å². The summed E-state index contributed by atoms with van der Waals surface area (Å²) in [6.45, 7) is 14.3. The Morgan fingerprint density at radius 1 is 0.889 bits per heavy atom. The van der Waals surface area contributed by atoms with Gasteiger partial charge < -0.3 is 30.1 Å². The third-order valence-corrected chi connectivity index (χ3v) is 11.7. The number of nitrogens with two attached hydrogens (primary N) is 1. The maximum atomic E-state index is 14.3. The molecule has 1 aromatic rings. The Balaban J connectivity index is 2.27. The van der Waals surface area contributed by atoms with Gasteiger partial charge in [0.15, 0.2) is 5.78 Å². The number of aliphatic carboxylic acids is 1. The van der Waals surface area contributed by atoms with Crippen molar-refractivity contribution >= 4 is 35.0 Å². The molecule has 9 atom stereocenters. The first kappa shape index (κ1) is 46.8. The van der Waals surface area contributed by atoms with E-state index in [1.807, 2.05) is 60.5 Å². The zero-order chi connectivity index (χ0) is 41.0. The molecular formula is C42H70N4O8. The van der Waals surface area contributed by atoms with E-state index in [9.17, 15) is 29.1 Å². The van der Waals surface area contributed by atoms with Crippen LogP contribution in [0.25, 0.3) is 0 Å². The van der Waals surface area contributed by atoms with E-state index in [-0.39, 0.29) is 78.9 Å². The average Bonchev–Trinajstić information content (AvgIpc) is 3.59. The van der Waals surface area contributed by atoms with Gasteiger partial charge in [-0.2, -0.15) is 0 Å². The molecule has 1 aliphatic heterocycles. The lowest BCUT2D eigenvalue weighted by atomic mass is 9.83. The lowest BCUT2D eigenvalue weighted by Crippen LogP contribution is -2.54. The zero-order valence-corrected chi connectivity index (χ0v) is 35.0. The normalized spacial score (nSPS) is 19.2. The number of carbonyl (C=O) groups is 5. The standard InChI is InChI=1S/C42H70N4O8/c1-13-27(6)39(45(10)41(50)32(25(2)3)23-35(48)38(26(4)5)44(8)9)36(53-11)24-37(49)46-20-14-15-33(46)40(54-12)28(7)34(47)22-30(42(51)52)21-29-16-18-31(43)19-17-29/h16-19,25-28,30,32-33,36,38-40H,13-15,20-24,43H2,1-12H3,(H,51,52)/t27-,28?,30+,32-,33?,36?,38?,39?,40?/m0/s1. The highest BCUT2D eigenvalue weighted by Gasteiger charge is 2.43. The number of nitrogens with zero attached hydrogens (tertiary/aromatic N) is 3. The number of benzene rings is 1. The van der Waals surface area contributed by atoms with Crippen LogP contribution in [0.1, 0.15) is 92.6 Å². The van der Waals surface area contributed by atoms with Gasteiger partial charge in [0.05, 0.1) is 42.7 Å². The molecule has 54 heavy (non-hydrogen) atoms. The molecule has 6 unspecified atom stereocenters. The lowest BCUT2D eigenvalue weighted by Gasteiger charge is -2.41. The molecule has 0 aliphatic carbocycles. The molecule has 1 saturated heterocycles. The Labute approximate surface area is 324 Å². The van der Waals surface area contributed by atoms with E-state index < -0.39 is 42.0 Å². The molecule has 0 saturated carbocycles. The summed E-state index contributed by atoms with van der Waals surface area (Å²) in [5, 5.41) is 9.97. The molecule has 306 valence electrons. The van der Waals surface area contributed by atoms with Gasteiger partial charge in [0, 0.05) is 58.2 Å². The number of likely N-dealkylation sites (N-methyl/N-ethyl adjacent to an activating group) is 2. The number of carboxylic acid groups (broad SMARTS) is 1. The molecule has 0 radical (unpaired) electrons. The van der Waals surface area contributed by atoms with Gasteiger partial charge in [-0.05, 0) is 68.8 Å². The van der Waals surface area contributed by atoms with Crippen LogP contribution in [0.15, 0.2) is 24.3 Å². The van der Waals surface area contributed by atoms with Crippen LogP contribution in [0.4, 0.5) is 5.69 Å². The van der Waals surface area contributed by atoms with Gasteiger partial charge >= 0.3 is 5.97 Å². The third kappa shape index (κ3) is 12.3. The van der Waals surface area contributed by atoms with Crippen molar-refractivity contribution in [2.24, 2.45) is 35.5 Å². The lowest BCUT2D eigenvalue weighted by molar-refractivity contribution is -0.149. The molecule has 1 aromatic carbocycles. The monoisotopic (exact) mass is 759 g/mol. The molecule has 0 bridgehead atoms.